The van der Waals surface area contributed by atoms with Gasteiger partial charge in [0.2, 0.25) is 0 Å². The molecule has 154 valence electrons. The number of aromatic amines is 1. The van der Waals surface area contributed by atoms with Gasteiger partial charge in [-0.15, -0.1) is 5.10 Å². The first-order valence-electron chi connectivity index (χ1n) is 10.6. The van der Waals surface area contributed by atoms with E-state index in [0.29, 0.717) is 6.04 Å². The van der Waals surface area contributed by atoms with E-state index in [1.807, 2.05) is 36.7 Å². The molecule has 4 heterocycles. The van der Waals surface area contributed by atoms with Gasteiger partial charge >= 0.3 is 0 Å². The number of nitrogens with zero attached hydrogens (tertiary/aromatic N) is 6. The summed E-state index contributed by atoms with van der Waals surface area (Å²) in [5.41, 5.74) is 5.76. The number of aromatic nitrogens is 7. The third-order valence-electron chi connectivity index (χ3n) is 5.96. The molecule has 0 spiro atoms. The third-order valence-corrected chi connectivity index (χ3v) is 5.96. The molecule has 0 saturated carbocycles. The number of fused-ring (bicyclic) bond motifs is 1. The van der Waals surface area contributed by atoms with E-state index in [1.165, 1.54) is 0 Å². The Balaban J connectivity index is 1.24. The first-order chi connectivity index (χ1) is 15.3. The van der Waals surface area contributed by atoms with Crippen LogP contribution in [0.4, 0.5) is 0 Å². The SMILES string of the molecule is c1ccc2c(-c3cn(-c4ccc(-c5cnn(C6CCNCC6)c5)cc4)nn3)n[nH]c2c1. The van der Waals surface area contributed by atoms with E-state index in [4.69, 9.17) is 0 Å². The van der Waals surface area contributed by atoms with Crippen molar-refractivity contribution < 1.29 is 0 Å². The van der Waals surface area contributed by atoms with Crippen LogP contribution >= 0.6 is 0 Å². The number of rotatable bonds is 4. The van der Waals surface area contributed by atoms with Gasteiger partial charge in [0.25, 0.3) is 0 Å². The zero-order valence-corrected chi connectivity index (χ0v) is 16.9. The van der Waals surface area contributed by atoms with E-state index >= 15 is 0 Å². The molecule has 2 aromatic carbocycles. The van der Waals surface area contributed by atoms with Crippen molar-refractivity contribution in [3.8, 4) is 28.2 Å². The summed E-state index contributed by atoms with van der Waals surface area (Å²) in [7, 11) is 0. The maximum absolute atomic E-state index is 4.60. The van der Waals surface area contributed by atoms with Crippen LogP contribution in [-0.2, 0) is 0 Å². The van der Waals surface area contributed by atoms with Gasteiger partial charge in [-0.2, -0.15) is 10.2 Å². The molecule has 0 amide bonds. The van der Waals surface area contributed by atoms with Gasteiger partial charge in [-0.05, 0) is 49.7 Å². The van der Waals surface area contributed by atoms with E-state index in [2.05, 4.69) is 66.1 Å². The molecule has 8 heteroatoms. The van der Waals surface area contributed by atoms with Crippen LogP contribution in [0.15, 0.2) is 67.1 Å². The summed E-state index contributed by atoms with van der Waals surface area (Å²) in [5, 5.41) is 25.1. The molecule has 5 aromatic rings. The van der Waals surface area contributed by atoms with Gasteiger partial charge in [0.05, 0.1) is 29.6 Å². The second-order valence-corrected chi connectivity index (χ2v) is 7.90. The van der Waals surface area contributed by atoms with Gasteiger partial charge in [-0.1, -0.05) is 35.5 Å². The highest BCUT2D eigenvalue weighted by molar-refractivity contribution is 5.91. The van der Waals surface area contributed by atoms with Crippen LogP contribution in [-0.4, -0.2) is 48.1 Å². The average molecular weight is 410 g/mol. The summed E-state index contributed by atoms with van der Waals surface area (Å²) in [5.74, 6) is 0. The van der Waals surface area contributed by atoms with Gasteiger partial charge in [0.1, 0.15) is 11.4 Å². The van der Waals surface area contributed by atoms with Crippen molar-refractivity contribution in [1.29, 1.82) is 0 Å². The highest BCUT2D eigenvalue weighted by atomic mass is 15.4. The van der Waals surface area contributed by atoms with Gasteiger partial charge in [-0.25, -0.2) is 4.68 Å². The Bertz CT molecular complexity index is 1320. The largest absolute Gasteiger partial charge is 0.317 e. The van der Waals surface area contributed by atoms with Crippen LogP contribution in [0.3, 0.4) is 0 Å². The van der Waals surface area contributed by atoms with Crippen molar-refractivity contribution in [2.45, 2.75) is 18.9 Å². The summed E-state index contributed by atoms with van der Waals surface area (Å²) in [6, 6.07) is 16.8. The quantitative estimate of drug-likeness (QED) is 0.473. The summed E-state index contributed by atoms with van der Waals surface area (Å²) >= 11 is 0. The minimum absolute atomic E-state index is 0.487. The summed E-state index contributed by atoms with van der Waals surface area (Å²) < 4.78 is 3.89. The monoisotopic (exact) mass is 410 g/mol. The van der Waals surface area contributed by atoms with Crippen LogP contribution in [0.2, 0.25) is 0 Å². The van der Waals surface area contributed by atoms with Gasteiger partial charge in [0, 0.05) is 17.1 Å². The Labute approximate surface area is 178 Å². The molecule has 8 nitrogen and oxygen atoms in total. The van der Waals surface area contributed by atoms with Crippen LogP contribution in [0.25, 0.3) is 39.1 Å². The lowest BCUT2D eigenvalue weighted by Gasteiger charge is -2.22. The predicted octanol–water partition coefficient (Wildman–Crippen LogP) is 3.60. The van der Waals surface area contributed by atoms with Gasteiger partial charge in [-0.3, -0.25) is 9.78 Å². The van der Waals surface area contributed by atoms with Crippen molar-refractivity contribution in [1.82, 2.24) is 40.3 Å². The topological polar surface area (TPSA) is 89.2 Å². The highest BCUT2D eigenvalue weighted by Gasteiger charge is 2.16. The third kappa shape index (κ3) is 3.30. The van der Waals surface area contributed by atoms with Crippen molar-refractivity contribution in [3.05, 3.63) is 67.1 Å². The van der Waals surface area contributed by atoms with Crippen LogP contribution < -0.4 is 5.32 Å². The molecule has 0 atom stereocenters. The van der Waals surface area contributed by atoms with Crippen molar-refractivity contribution >= 4 is 10.9 Å². The highest BCUT2D eigenvalue weighted by Crippen LogP contribution is 2.26. The molecule has 1 aliphatic heterocycles. The maximum atomic E-state index is 4.60. The normalized spacial score (nSPS) is 15.0. The average Bonchev–Trinajstić information content (AvgIpc) is 3.59. The molecule has 0 aliphatic carbocycles. The number of hydrogen-bond donors (Lipinski definition) is 2. The van der Waals surface area contributed by atoms with Crippen LogP contribution in [0.5, 0.6) is 0 Å². The minimum Gasteiger partial charge on any atom is -0.317 e. The van der Waals surface area contributed by atoms with E-state index in [9.17, 15) is 0 Å². The molecule has 6 rings (SSSR count). The molecule has 1 fully saturated rings. The minimum atomic E-state index is 0.487. The van der Waals surface area contributed by atoms with E-state index in [0.717, 1.165) is 65.0 Å². The van der Waals surface area contributed by atoms with Crippen molar-refractivity contribution in [3.63, 3.8) is 0 Å². The van der Waals surface area contributed by atoms with Crippen molar-refractivity contribution in [2.24, 2.45) is 0 Å². The predicted molar refractivity (Wildman–Crippen MR) is 119 cm³/mol. The number of hydrogen-bond acceptors (Lipinski definition) is 5. The number of benzene rings is 2. The first-order valence-corrected chi connectivity index (χ1v) is 10.6. The Kier molecular flexibility index (Phi) is 4.35. The summed E-state index contributed by atoms with van der Waals surface area (Å²) in [6.07, 6.45) is 8.27. The molecule has 31 heavy (non-hydrogen) atoms. The van der Waals surface area contributed by atoms with Crippen molar-refractivity contribution in [2.75, 3.05) is 13.1 Å². The summed E-state index contributed by atoms with van der Waals surface area (Å²) in [4.78, 5) is 0. The molecule has 1 aliphatic rings. The maximum Gasteiger partial charge on any atom is 0.134 e. The Morgan fingerprint density at radius 1 is 0.903 bits per heavy atom. The summed E-state index contributed by atoms with van der Waals surface area (Å²) in [6.45, 7) is 2.12. The fourth-order valence-electron chi connectivity index (χ4n) is 4.22. The van der Waals surface area contributed by atoms with Crippen LogP contribution in [0.1, 0.15) is 18.9 Å². The first kappa shape index (κ1) is 18.0. The lowest BCUT2D eigenvalue weighted by atomic mass is 10.1. The Hall–Kier alpha value is -3.78. The molecule has 0 unspecified atom stereocenters. The molecular formula is C23H22N8. The zero-order chi connectivity index (χ0) is 20.6. The molecule has 3 aromatic heterocycles. The Morgan fingerprint density at radius 3 is 2.61 bits per heavy atom. The zero-order valence-electron chi connectivity index (χ0n) is 16.9. The smallest absolute Gasteiger partial charge is 0.134 e. The second kappa shape index (κ2) is 7.48. The molecule has 0 radical (unpaired) electrons. The number of piperidine rings is 1. The Morgan fingerprint density at radius 2 is 1.74 bits per heavy atom. The number of para-hydroxylation sites is 1. The van der Waals surface area contributed by atoms with E-state index in [1.54, 1.807) is 4.68 Å². The fourth-order valence-corrected chi connectivity index (χ4v) is 4.22. The molecule has 2 N–H and O–H groups in total. The molecule has 1 saturated heterocycles. The van der Waals surface area contributed by atoms with E-state index < -0.39 is 0 Å². The standard InChI is InChI=1S/C23H22N8/c1-2-4-21-20(3-1)23(28-26-21)22-15-31(29-27-22)18-7-5-16(6-8-18)17-13-25-30(14-17)19-9-11-24-12-10-19/h1-8,13-15,19,24H,9-12H2,(H,26,28). The fraction of sp³-hybridized carbons (Fsp3) is 0.217. The second-order valence-electron chi connectivity index (χ2n) is 7.90. The molecule has 0 bridgehead atoms. The lowest BCUT2D eigenvalue weighted by molar-refractivity contribution is 0.343. The number of H-pyrrole nitrogens is 1. The van der Waals surface area contributed by atoms with E-state index in [-0.39, 0.29) is 0 Å². The van der Waals surface area contributed by atoms with Gasteiger partial charge in [0.15, 0.2) is 0 Å². The van der Waals surface area contributed by atoms with Gasteiger partial charge < -0.3 is 5.32 Å². The van der Waals surface area contributed by atoms with Crippen LogP contribution in [0, 0.1) is 0 Å². The molecular weight excluding hydrogens is 388 g/mol. The number of nitrogens with one attached hydrogen (secondary N) is 2. The lowest BCUT2D eigenvalue weighted by Crippen LogP contribution is -2.29.